The standard InChI is InChI=1S/C28H24N4O4/c1-34-22-7-3-19(4-8-22)27-31-23-9-6-21(16-24(23)32-27)30-28(33)20-5-10-25(26(15-20)35-2)36-17-18-11-13-29-14-12-18/h3-16H,17H2,1-2H3,(H,30,33)(H,31,32). The van der Waals surface area contributed by atoms with E-state index in [0.29, 0.717) is 29.4 Å². The van der Waals surface area contributed by atoms with Crippen LogP contribution in [0.2, 0.25) is 0 Å². The van der Waals surface area contributed by atoms with Crippen molar-refractivity contribution in [2.24, 2.45) is 0 Å². The van der Waals surface area contributed by atoms with Crippen molar-refractivity contribution in [3.05, 3.63) is 96.3 Å². The van der Waals surface area contributed by atoms with E-state index < -0.39 is 0 Å². The van der Waals surface area contributed by atoms with Gasteiger partial charge in [-0.05, 0) is 78.4 Å². The van der Waals surface area contributed by atoms with E-state index in [1.165, 1.54) is 0 Å². The second-order valence-corrected chi connectivity index (χ2v) is 8.01. The summed E-state index contributed by atoms with van der Waals surface area (Å²) in [4.78, 5) is 24.9. The predicted octanol–water partition coefficient (Wildman–Crippen LogP) is 5.47. The van der Waals surface area contributed by atoms with Gasteiger partial charge in [-0.3, -0.25) is 9.78 Å². The quantitative estimate of drug-likeness (QED) is 0.305. The van der Waals surface area contributed by atoms with Gasteiger partial charge in [-0.25, -0.2) is 4.98 Å². The number of rotatable bonds is 8. The maximum absolute atomic E-state index is 12.9. The molecule has 2 heterocycles. The Morgan fingerprint density at radius 1 is 0.889 bits per heavy atom. The van der Waals surface area contributed by atoms with Crippen LogP contribution in [0.5, 0.6) is 17.2 Å². The average molecular weight is 481 g/mol. The fraction of sp³-hybridized carbons (Fsp3) is 0.107. The van der Waals surface area contributed by atoms with Gasteiger partial charge in [0.15, 0.2) is 11.5 Å². The summed E-state index contributed by atoms with van der Waals surface area (Å²) < 4.78 is 16.5. The van der Waals surface area contributed by atoms with Crippen LogP contribution in [-0.4, -0.2) is 35.1 Å². The average Bonchev–Trinajstić information content (AvgIpc) is 3.36. The molecule has 36 heavy (non-hydrogen) atoms. The molecule has 5 aromatic rings. The summed E-state index contributed by atoms with van der Waals surface area (Å²) in [5.41, 5.74) is 4.64. The minimum absolute atomic E-state index is 0.261. The molecule has 0 saturated heterocycles. The van der Waals surface area contributed by atoms with Gasteiger partial charge >= 0.3 is 0 Å². The number of imidazole rings is 1. The first-order valence-electron chi connectivity index (χ1n) is 11.3. The number of nitrogens with zero attached hydrogens (tertiary/aromatic N) is 2. The largest absolute Gasteiger partial charge is 0.497 e. The minimum Gasteiger partial charge on any atom is -0.497 e. The predicted molar refractivity (Wildman–Crippen MR) is 138 cm³/mol. The molecule has 0 unspecified atom stereocenters. The van der Waals surface area contributed by atoms with Gasteiger partial charge in [0.25, 0.3) is 5.91 Å². The molecule has 0 saturated carbocycles. The normalized spacial score (nSPS) is 10.7. The van der Waals surface area contributed by atoms with E-state index in [-0.39, 0.29) is 5.91 Å². The zero-order valence-corrected chi connectivity index (χ0v) is 19.8. The number of pyridine rings is 1. The number of methoxy groups -OCH3 is 2. The molecule has 0 aliphatic carbocycles. The molecule has 0 aliphatic rings. The maximum atomic E-state index is 12.9. The second-order valence-electron chi connectivity index (χ2n) is 8.01. The third-order valence-corrected chi connectivity index (χ3v) is 5.67. The highest BCUT2D eigenvalue weighted by molar-refractivity contribution is 6.05. The lowest BCUT2D eigenvalue weighted by atomic mass is 10.1. The van der Waals surface area contributed by atoms with Crippen LogP contribution in [-0.2, 0) is 6.61 Å². The van der Waals surface area contributed by atoms with E-state index >= 15 is 0 Å². The molecule has 5 rings (SSSR count). The van der Waals surface area contributed by atoms with Crippen molar-refractivity contribution >= 4 is 22.6 Å². The number of H-pyrrole nitrogens is 1. The van der Waals surface area contributed by atoms with E-state index in [1.807, 2.05) is 54.6 Å². The number of benzene rings is 3. The monoisotopic (exact) mass is 480 g/mol. The number of ether oxygens (including phenoxy) is 3. The summed E-state index contributed by atoms with van der Waals surface area (Å²) in [5.74, 6) is 2.29. The summed E-state index contributed by atoms with van der Waals surface area (Å²) >= 11 is 0. The van der Waals surface area contributed by atoms with Crippen molar-refractivity contribution in [1.29, 1.82) is 0 Å². The van der Waals surface area contributed by atoms with Crippen molar-refractivity contribution in [3.63, 3.8) is 0 Å². The first-order chi connectivity index (χ1) is 17.6. The lowest BCUT2D eigenvalue weighted by Gasteiger charge is -2.12. The van der Waals surface area contributed by atoms with Crippen molar-refractivity contribution < 1.29 is 19.0 Å². The van der Waals surface area contributed by atoms with Gasteiger partial charge in [0, 0.05) is 29.2 Å². The van der Waals surface area contributed by atoms with Gasteiger partial charge in [-0.2, -0.15) is 0 Å². The van der Waals surface area contributed by atoms with Crippen molar-refractivity contribution in [2.45, 2.75) is 6.61 Å². The summed E-state index contributed by atoms with van der Waals surface area (Å²) in [6, 6.07) is 22.1. The molecule has 0 spiro atoms. The summed E-state index contributed by atoms with van der Waals surface area (Å²) in [7, 11) is 3.18. The van der Waals surface area contributed by atoms with E-state index in [2.05, 4.69) is 20.3 Å². The molecule has 2 aromatic heterocycles. The Bertz CT molecular complexity index is 1500. The molecule has 180 valence electrons. The zero-order chi connectivity index (χ0) is 24.9. The molecule has 1 amide bonds. The fourth-order valence-electron chi connectivity index (χ4n) is 3.74. The molecular formula is C28H24N4O4. The van der Waals surface area contributed by atoms with Crippen LogP contribution in [0.25, 0.3) is 22.4 Å². The van der Waals surface area contributed by atoms with Gasteiger partial charge in [0.2, 0.25) is 0 Å². The van der Waals surface area contributed by atoms with E-state index in [1.54, 1.807) is 44.8 Å². The van der Waals surface area contributed by atoms with Gasteiger partial charge in [0.1, 0.15) is 18.2 Å². The topological polar surface area (TPSA) is 98.4 Å². The van der Waals surface area contributed by atoms with Crippen LogP contribution >= 0.6 is 0 Å². The lowest BCUT2D eigenvalue weighted by molar-refractivity contribution is 0.102. The molecule has 3 aromatic carbocycles. The molecule has 2 N–H and O–H groups in total. The van der Waals surface area contributed by atoms with Gasteiger partial charge in [-0.15, -0.1) is 0 Å². The molecule has 8 heteroatoms. The fourth-order valence-corrected chi connectivity index (χ4v) is 3.74. The molecule has 0 bridgehead atoms. The summed E-state index contributed by atoms with van der Waals surface area (Å²) in [6.45, 7) is 0.368. The number of aromatic amines is 1. The minimum atomic E-state index is -0.261. The van der Waals surface area contributed by atoms with Crippen LogP contribution in [0, 0.1) is 0 Å². The van der Waals surface area contributed by atoms with Crippen LogP contribution in [0.3, 0.4) is 0 Å². The Kier molecular flexibility index (Phi) is 6.48. The maximum Gasteiger partial charge on any atom is 0.255 e. The van der Waals surface area contributed by atoms with Gasteiger partial charge in [-0.1, -0.05) is 0 Å². The van der Waals surface area contributed by atoms with Crippen LogP contribution in [0.15, 0.2) is 85.2 Å². The third-order valence-electron chi connectivity index (χ3n) is 5.67. The number of hydrogen-bond donors (Lipinski definition) is 2. The highest BCUT2D eigenvalue weighted by Crippen LogP contribution is 2.30. The molecule has 0 radical (unpaired) electrons. The lowest BCUT2D eigenvalue weighted by Crippen LogP contribution is -2.12. The Morgan fingerprint density at radius 2 is 1.69 bits per heavy atom. The van der Waals surface area contributed by atoms with Crippen LogP contribution in [0.1, 0.15) is 15.9 Å². The van der Waals surface area contributed by atoms with E-state index in [4.69, 9.17) is 14.2 Å². The second kappa shape index (κ2) is 10.2. The number of aromatic nitrogens is 3. The molecular weight excluding hydrogens is 456 g/mol. The highest BCUT2D eigenvalue weighted by Gasteiger charge is 2.13. The van der Waals surface area contributed by atoms with E-state index in [0.717, 1.165) is 33.7 Å². The van der Waals surface area contributed by atoms with E-state index in [9.17, 15) is 4.79 Å². The molecule has 0 aliphatic heterocycles. The number of fused-ring (bicyclic) bond motifs is 1. The van der Waals surface area contributed by atoms with Crippen LogP contribution < -0.4 is 19.5 Å². The Balaban J connectivity index is 1.30. The SMILES string of the molecule is COc1ccc(-c2nc3ccc(NC(=O)c4ccc(OCc5ccncc5)c(OC)c4)cc3[nH]2)cc1. The number of anilines is 1. The first kappa shape index (κ1) is 22.9. The number of hydrogen-bond acceptors (Lipinski definition) is 6. The number of amides is 1. The molecule has 8 nitrogen and oxygen atoms in total. The van der Waals surface area contributed by atoms with Crippen molar-refractivity contribution in [1.82, 2.24) is 15.0 Å². The number of carbonyl (C=O) groups excluding carboxylic acids is 1. The Morgan fingerprint density at radius 3 is 2.44 bits per heavy atom. The van der Waals surface area contributed by atoms with Crippen molar-refractivity contribution in [2.75, 3.05) is 19.5 Å². The van der Waals surface area contributed by atoms with Gasteiger partial charge in [0.05, 0.1) is 25.3 Å². The number of nitrogens with one attached hydrogen (secondary N) is 2. The Labute approximate surface area is 207 Å². The smallest absolute Gasteiger partial charge is 0.255 e. The molecule has 0 atom stereocenters. The summed E-state index contributed by atoms with van der Waals surface area (Å²) in [5, 5.41) is 2.94. The third kappa shape index (κ3) is 4.97. The van der Waals surface area contributed by atoms with Gasteiger partial charge < -0.3 is 24.5 Å². The van der Waals surface area contributed by atoms with Crippen LogP contribution in [0.4, 0.5) is 5.69 Å². The zero-order valence-electron chi connectivity index (χ0n) is 19.8. The summed E-state index contributed by atoms with van der Waals surface area (Å²) in [6.07, 6.45) is 3.42. The highest BCUT2D eigenvalue weighted by atomic mass is 16.5. The molecule has 0 fully saturated rings. The van der Waals surface area contributed by atoms with Crippen molar-refractivity contribution in [3.8, 4) is 28.6 Å². The first-order valence-corrected chi connectivity index (χ1v) is 11.3. The number of carbonyl (C=O) groups is 1. The Hall–Kier alpha value is -4.85.